The number of hydrogen-bond acceptors (Lipinski definition) is 3. The molecule has 1 amide bonds. The Bertz CT molecular complexity index is 321. The molecule has 0 aliphatic rings. The fourth-order valence-electron chi connectivity index (χ4n) is 1.42. The monoisotopic (exact) mass is 207 g/mol. The van der Waals surface area contributed by atoms with Gasteiger partial charge in [-0.2, -0.15) is 0 Å². The van der Waals surface area contributed by atoms with E-state index in [9.17, 15) is 4.79 Å². The van der Waals surface area contributed by atoms with Gasteiger partial charge in [0.2, 0.25) is 5.91 Å². The summed E-state index contributed by atoms with van der Waals surface area (Å²) in [5, 5.41) is 0. The number of amides is 1. The third kappa shape index (κ3) is 3.25. The van der Waals surface area contributed by atoms with Crippen molar-refractivity contribution in [3.05, 3.63) is 29.8 Å². The largest absolute Gasteiger partial charge is 0.368 e. The molecule has 0 saturated heterocycles. The topological polar surface area (TPSA) is 72.3 Å². The van der Waals surface area contributed by atoms with Gasteiger partial charge in [-0.25, -0.2) is 0 Å². The van der Waals surface area contributed by atoms with Crippen molar-refractivity contribution in [2.24, 2.45) is 11.5 Å². The highest BCUT2D eigenvalue weighted by Gasteiger charge is 2.06. The first kappa shape index (κ1) is 11.5. The zero-order valence-electron chi connectivity index (χ0n) is 8.94. The van der Waals surface area contributed by atoms with E-state index >= 15 is 0 Å². The first-order valence-corrected chi connectivity index (χ1v) is 4.99. The minimum atomic E-state index is -0.320. The molecule has 1 aromatic rings. The van der Waals surface area contributed by atoms with Gasteiger partial charge in [0.15, 0.2) is 0 Å². The van der Waals surface area contributed by atoms with E-state index in [1.807, 2.05) is 36.1 Å². The summed E-state index contributed by atoms with van der Waals surface area (Å²) in [5.41, 5.74) is 12.7. The van der Waals surface area contributed by atoms with Crippen molar-refractivity contribution < 1.29 is 4.79 Å². The van der Waals surface area contributed by atoms with E-state index in [4.69, 9.17) is 11.5 Å². The second-order valence-electron chi connectivity index (χ2n) is 3.35. The summed E-state index contributed by atoms with van der Waals surface area (Å²) >= 11 is 0. The lowest BCUT2D eigenvalue weighted by Gasteiger charge is -2.21. The van der Waals surface area contributed by atoms with Crippen LogP contribution in [0, 0.1) is 0 Å². The maximum atomic E-state index is 10.8. The zero-order chi connectivity index (χ0) is 11.3. The van der Waals surface area contributed by atoms with Crippen LogP contribution < -0.4 is 16.4 Å². The Labute approximate surface area is 89.9 Å². The molecular weight excluding hydrogens is 190 g/mol. The first-order valence-electron chi connectivity index (χ1n) is 4.99. The Balaban J connectivity index is 2.78. The third-order valence-corrected chi connectivity index (χ3v) is 2.27. The van der Waals surface area contributed by atoms with Gasteiger partial charge in [0.25, 0.3) is 0 Å². The quantitative estimate of drug-likeness (QED) is 0.736. The summed E-state index contributed by atoms with van der Waals surface area (Å²) in [6.45, 7) is 3.52. The highest BCUT2D eigenvalue weighted by atomic mass is 16.1. The van der Waals surface area contributed by atoms with Crippen LogP contribution in [0.5, 0.6) is 0 Å². The van der Waals surface area contributed by atoms with Gasteiger partial charge in [0.05, 0.1) is 6.54 Å². The fourth-order valence-corrected chi connectivity index (χ4v) is 1.42. The van der Waals surface area contributed by atoms with Crippen LogP contribution >= 0.6 is 0 Å². The number of rotatable bonds is 5. The van der Waals surface area contributed by atoms with E-state index in [1.54, 1.807) is 0 Å². The molecule has 15 heavy (non-hydrogen) atoms. The molecule has 0 fully saturated rings. The molecule has 4 N–H and O–H groups in total. The van der Waals surface area contributed by atoms with Crippen molar-refractivity contribution in [3.63, 3.8) is 0 Å². The maximum Gasteiger partial charge on any atom is 0.236 e. The van der Waals surface area contributed by atoms with Crippen LogP contribution in [0.3, 0.4) is 0 Å². The van der Waals surface area contributed by atoms with Gasteiger partial charge in [-0.05, 0) is 24.6 Å². The number of likely N-dealkylation sites (N-methyl/N-ethyl adjacent to an activating group) is 1. The average Bonchev–Trinajstić information content (AvgIpc) is 2.26. The van der Waals surface area contributed by atoms with Crippen LogP contribution in [-0.2, 0) is 11.3 Å². The van der Waals surface area contributed by atoms with Crippen molar-refractivity contribution >= 4 is 11.6 Å². The number of primary amides is 1. The van der Waals surface area contributed by atoms with Gasteiger partial charge in [0, 0.05) is 18.8 Å². The van der Waals surface area contributed by atoms with E-state index < -0.39 is 0 Å². The molecule has 0 bridgehead atoms. The van der Waals surface area contributed by atoms with Gasteiger partial charge >= 0.3 is 0 Å². The van der Waals surface area contributed by atoms with Crippen molar-refractivity contribution in [1.29, 1.82) is 0 Å². The summed E-state index contributed by atoms with van der Waals surface area (Å²) in [4.78, 5) is 12.7. The lowest BCUT2D eigenvalue weighted by Crippen LogP contribution is -2.33. The molecule has 0 aliphatic carbocycles. The average molecular weight is 207 g/mol. The summed E-state index contributed by atoms with van der Waals surface area (Å²) in [7, 11) is 0. The molecule has 0 saturated carbocycles. The Hall–Kier alpha value is -1.55. The van der Waals surface area contributed by atoms with Crippen LogP contribution in [0.1, 0.15) is 12.5 Å². The SMILES string of the molecule is CCN(CC(N)=O)c1ccc(CN)cc1. The smallest absolute Gasteiger partial charge is 0.236 e. The van der Waals surface area contributed by atoms with Gasteiger partial charge < -0.3 is 16.4 Å². The van der Waals surface area contributed by atoms with Crippen LogP contribution in [0.4, 0.5) is 5.69 Å². The standard InChI is InChI=1S/C11H17N3O/c1-2-14(8-11(13)15)10-5-3-9(7-12)4-6-10/h3-6H,2,7-8,12H2,1H3,(H2,13,15). The summed E-state index contributed by atoms with van der Waals surface area (Å²) in [5.74, 6) is -0.320. The van der Waals surface area contributed by atoms with Crippen LogP contribution in [-0.4, -0.2) is 19.0 Å². The maximum absolute atomic E-state index is 10.8. The number of hydrogen-bond donors (Lipinski definition) is 2. The predicted molar refractivity (Wildman–Crippen MR) is 61.4 cm³/mol. The molecule has 4 heteroatoms. The summed E-state index contributed by atoms with van der Waals surface area (Å²) in [6, 6.07) is 7.82. The molecule has 0 atom stereocenters. The molecule has 0 spiro atoms. The summed E-state index contributed by atoms with van der Waals surface area (Å²) < 4.78 is 0. The van der Waals surface area contributed by atoms with Crippen molar-refractivity contribution in [2.45, 2.75) is 13.5 Å². The number of carbonyl (C=O) groups is 1. The van der Waals surface area contributed by atoms with E-state index in [1.165, 1.54) is 0 Å². The minimum absolute atomic E-state index is 0.248. The Morgan fingerprint density at radius 3 is 2.33 bits per heavy atom. The fraction of sp³-hybridized carbons (Fsp3) is 0.364. The van der Waals surface area contributed by atoms with Gasteiger partial charge in [0.1, 0.15) is 0 Å². The van der Waals surface area contributed by atoms with Crippen LogP contribution in [0.15, 0.2) is 24.3 Å². The number of anilines is 1. The highest BCUT2D eigenvalue weighted by Crippen LogP contribution is 2.14. The Morgan fingerprint density at radius 2 is 1.93 bits per heavy atom. The molecule has 0 heterocycles. The zero-order valence-corrected chi connectivity index (χ0v) is 8.94. The van der Waals surface area contributed by atoms with Gasteiger partial charge in [-0.1, -0.05) is 12.1 Å². The third-order valence-electron chi connectivity index (χ3n) is 2.27. The first-order chi connectivity index (χ1) is 7.17. The number of nitrogens with zero attached hydrogens (tertiary/aromatic N) is 1. The van der Waals surface area contributed by atoms with Crippen molar-refractivity contribution in [2.75, 3.05) is 18.0 Å². The molecule has 4 nitrogen and oxygen atoms in total. The van der Waals surface area contributed by atoms with E-state index in [2.05, 4.69) is 0 Å². The summed E-state index contributed by atoms with van der Waals surface area (Å²) in [6.07, 6.45) is 0. The molecule has 0 radical (unpaired) electrons. The van der Waals surface area contributed by atoms with Gasteiger partial charge in [-0.15, -0.1) is 0 Å². The second-order valence-corrected chi connectivity index (χ2v) is 3.35. The lowest BCUT2D eigenvalue weighted by molar-refractivity contribution is -0.116. The molecule has 1 rings (SSSR count). The second kappa shape index (κ2) is 5.36. The molecule has 0 aliphatic heterocycles. The highest BCUT2D eigenvalue weighted by molar-refractivity contribution is 5.79. The number of benzene rings is 1. The van der Waals surface area contributed by atoms with Crippen LogP contribution in [0.2, 0.25) is 0 Å². The number of carbonyl (C=O) groups excluding carboxylic acids is 1. The molecule has 0 aromatic heterocycles. The van der Waals surface area contributed by atoms with E-state index in [-0.39, 0.29) is 12.5 Å². The van der Waals surface area contributed by atoms with Crippen molar-refractivity contribution in [3.8, 4) is 0 Å². The molecule has 0 unspecified atom stereocenters. The van der Waals surface area contributed by atoms with Gasteiger partial charge in [-0.3, -0.25) is 4.79 Å². The normalized spacial score (nSPS) is 10.0. The minimum Gasteiger partial charge on any atom is -0.368 e. The Kier molecular flexibility index (Phi) is 4.12. The predicted octanol–water partition coefficient (Wildman–Crippen LogP) is 0.457. The Morgan fingerprint density at radius 1 is 1.33 bits per heavy atom. The molecule has 1 aromatic carbocycles. The van der Waals surface area contributed by atoms with Crippen molar-refractivity contribution in [1.82, 2.24) is 0 Å². The van der Waals surface area contributed by atoms with E-state index in [0.29, 0.717) is 6.54 Å². The lowest BCUT2D eigenvalue weighted by atomic mass is 10.2. The van der Waals surface area contributed by atoms with Crippen LogP contribution in [0.25, 0.3) is 0 Å². The molecule has 82 valence electrons. The number of nitrogens with two attached hydrogens (primary N) is 2. The molecular formula is C11H17N3O. The van der Waals surface area contributed by atoms with E-state index in [0.717, 1.165) is 17.8 Å².